The fourth-order valence-electron chi connectivity index (χ4n) is 2.00. The molecule has 0 amide bonds. The normalized spacial score (nSPS) is 15.9. The number of hydrogen-bond donors (Lipinski definition) is 1. The Morgan fingerprint density at radius 2 is 1.65 bits per heavy atom. The van der Waals surface area contributed by atoms with E-state index in [2.05, 4.69) is 0 Å². The quantitative estimate of drug-likeness (QED) is 0.373. The van der Waals surface area contributed by atoms with Crippen molar-refractivity contribution in [2.24, 2.45) is 0 Å². The molecule has 1 heterocycles. The second-order valence-electron chi connectivity index (χ2n) is 4.36. The molecule has 20 heavy (non-hydrogen) atoms. The zero-order chi connectivity index (χ0) is 14.1. The summed E-state index contributed by atoms with van der Waals surface area (Å²) >= 11 is 0. The maximum absolute atomic E-state index is 12.3. The number of rotatable bonds is 1. The zero-order valence-corrected chi connectivity index (χ0v) is 10.4. The minimum absolute atomic E-state index is 0.0191. The summed E-state index contributed by atoms with van der Waals surface area (Å²) in [5.74, 6) is -0.618. The first-order chi connectivity index (χ1) is 9.65. The molecular formula is C16H10O4. The average molecular weight is 266 g/mol. The lowest BCUT2D eigenvalue weighted by Gasteiger charge is -2.16. The third kappa shape index (κ3) is 2.07. The number of phenols is 1. The Bertz CT molecular complexity index is 726. The average Bonchev–Trinajstić information content (AvgIpc) is 2.45. The van der Waals surface area contributed by atoms with Gasteiger partial charge in [0.2, 0.25) is 5.78 Å². The second kappa shape index (κ2) is 4.66. The van der Waals surface area contributed by atoms with E-state index in [0.29, 0.717) is 11.1 Å². The highest BCUT2D eigenvalue weighted by atomic mass is 16.5. The third-order valence-corrected chi connectivity index (χ3v) is 3.00. The second-order valence-corrected chi connectivity index (χ2v) is 4.36. The SMILES string of the molecule is O=C1Oc2ccccc2C(=O)/C1=C/c1ccc(O)cc1. The molecule has 0 aliphatic carbocycles. The van der Waals surface area contributed by atoms with Crippen LogP contribution in [0, 0.1) is 0 Å². The van der Waals surface area contributed by atoms with Gasteiger partial charge in [-0.15, -0.1) is 0 Å². The Balaban J connectivity index is 2.04. The Hall–Kier alpha value is -2.88. The van der Waals surface area contributed by atoms with Gasteiger partial charge in [0.1, 0.15) is 17.1 Å². The molecule has 0 saturated carbocycles. The fraction of sp³-hybridized carbons (Fsp3) is 0. The van der Waals surface area contributed by atoms with Gasteiger partial charge >= 0.3 is 5.97 Å². The van der Waals surface area contributed by atoms with Crippen molar-refractivity contribution in [3.8, 4) is 11.5 Å². The number of fused-ring (bicyclic) bond motifs is 1. The first kappa shape index (κ1) is 12.2. The van der Waals surface area contributed by atoms with Gasteiger partial charge in [-0.05, 0) is 35.9 Å². The molecule has 1 N–H and O–H groups in total. The summed E-state index contributed by atoms with van der Waals surface area (Å²) in [6, 6.07) is 12.8. The van der Waals surface area contributed by atoms with E-state index in [9.17, 15) is 14.7 Å². The number of Topliss-reactive ketones (excluding diaryl/α,β-unsaturated/α-hetero) is 1. The number of ketones is 1. The van der Waals surface area contributed by atoms with Gasteiger partial charge in [0.25, 0.3) is 0 Å². The number of carbonyl (C=O) groups excluding carboxylic acids is 2. The van der Waals surface area contributed by atoms with Gasteiger partial charge in [-0.1, -0.05) is 24.3 Å². The maximum Gasteiger partial charge on any atom is 0.347 e. The molecule has 0 unspecified atom stereocenters. The number of aromatic hydroxyl groups is 1. The molecule has 0 aromatic heterocycles. The smallest absolute Gasteiger partial charge is 0.347 e. The number of carbonyl (C=O) groups is 2. The Labute approximate surface area is 114 Å². The van der Waals surface area contributed by atoms with Gasteiger partial charge in [-0.3, -0.25) is 4.79 Å². The topological polar surface area (TPSA) is 63.6 Å². The van der Waals surface area contributed by atoms with Gasteiger partial charge in [0, 0.05) is 0 Å². The molecule has 0 saturated heterocycles. The number of para-hydroxylation sites is 1. The molecule has 2 aromatic rings. The van der Waals surface area contributed by atoms with Crippen molar-refractivity contribution in [1.29, 1.82) is 0 Å². The van der Waals surface area contributed by atoms with E-state index >= 15 is 0 Å². The largest absolute Gasteiger partial charge is 0.508 e. The summed E-state index contributed by atoms with van der Waals surface area (Å²) in [5, 5.41) is 9.22. The Morgan fingerprint density at radius 1 is 0.950 bits per heavy atom. The number of hydrogen-bond acceptors (Lipinski definition) is 4. The highest BCUT2D eigenvalue weighted by Gasteiger charge is 2.30. The number of benzene rings is 2. The molecule has 4 nitrogen and oxygen atoms in total. The molecule has 98 valence electrons. The molecule has 2 aromatic carbocycles. The van der Waals surface area contributed by atoms with Crippen molar-refractivity contribution in [2.75, 3.05) is 0 Å². The molecule has 0 radical (unpaired) electrons. The van der Waals surface area contributed by atoms with Crippen LogP contribution in [0.3, 0.4) is 0 Å². The standard InChI is InChI=1S/C16H10O4/c17-11-7-5-10(6-8-11)9-13-15(18)12-3-1-2-4-14(12)20-16(13)19/h1-9,17H/b13-9-. The summed E-state index contributed by atoms with van der Waals surface area (Å²) < 4.78 is 5.13. The number of esters is 1. The molecule has 3 rings (SSSR count). The van der Waals surface area contributed by atoms with Crippen molar-refractivity contribution in [2.45, 2.75) is 0 Å². The van der Waals surface area contributed by atoms with Gasteiger partial charge < -0.3 is 9.84 Å². The molecule has 4 heteroatoms. The third-order valence-electron chi connectivity index (χ3n) is 3.00. The Kier molecular flexibility index (Phi) is 2.84. The first-order valence-electron chi connectivity index (χ1n) is 6.02. The van der Waals surface area contributed by atoms with Crippen LogP contribution in [0.15, 0.2) is 54.1 Å². The van der Waals surface area contributed by atoms with E-state index in [1.165, 1.54) is 18.2 Å². The lowest BCUT2D eigenvalue weighted by atomic mass is 9.98. The van der Waals surface area contributed by atoms with E-state index in [4.69, 9.17) is 4.74 Å². The van der Waals surface area contributed by atoms with E-state index in [1.807, 2.05) is 0 Å². The molecule has 1 aliphatic rings. The van der Waals surface area contributed by atoms with Gasteiger partial charge in [0.15, 0.2) is 0 Å². The van der Waals surface area contributed by atoms with Crippen molar-refractivity contribution < 1.29 is 19.4 Å². The maximum atomic E-state index is 12.3. The summed E-state index contributed by atoms with van der Waals surface area (Å²) in [5.41, 5.74) is 0.994. The number of ether oxygens (including phenoxy) is 1. The van der Waals surface area contributed by atoms with E-state index in [-0.39, 0.29) is 22.9 Å². The van der Waals surface area contributed by atoms with Crippen molar-refractivity contribution in [3.63, 3.8) is 0 Å². The van der Waals surface area contributed by atoms with Gasteiger partial charge in [-0.25, -0.2) is 4.79 Å². The predicted molar refractivity (Wildman–Crippen MR) is 72.5 cm³/mol. The summed E-state index contributed by atoms with van der Waals surface area (Å²) in [6.07, 6.45) is 1.46. The van der Waals surface area contributed by atoms with Crippen molar-refractivity contribution in [3.05, 3.63) is 65.2 Å². The predicted octanol–water partition coefficient (Wildman–Crippen LogP) is 2.58. The van der Waals surface area contributed by atoms with E-state index < -0.39 is 5.97 Å². The van der Waals surface area contributed by atoms with Crippen LogP contribution in [0.5, 0.6) is 11.5 Å². The van der Waals surface area contributed by atoms with E-state index in [1.54, 1.807) is 36.4 Å². The lowest BCUT2D eigenvalue weighted by molar-refractivity contribution is -0.130. The van der Waals surface area contributed by atoms with Crippen molar-refractivity contribution in [1.82, 2.24) is 0 Å². The molecule has 0 atom stereocenters. The van der Waals surface area contributed by atoms with Crippen LogP contribution < -0.4 is 4.74 Å². The molecule has 0 fully saturated rings. The molecular weight excluding hydrogens is 256 g/mol. The first-order valence-corrected chi connectivity index (χ1v) is 6.02. The van der Waals surface area contributed by atoms with Gasteiger partial charge in [0.05, 0.1) is 5.56 Å². The molecule has 0 bridgehead atoms. The minimum Gasteiger partial charge on any atom is -0.508 e. The van der Waals surface area contributed by atoms with Crippen molar-refractivity contribution >= 4 is 17.8 Å². The highest BCUT2D eigenvalue weighted by molar-refractivity contribution is 6.30. The fourth-order valence-corrected chi connectivity index (χ4v) is 2.00. The van der Waals surface area contributed by atoms with Crippen LogP contribution in [-0.4, -0.2) is 16.9 Å². The monoisotopic (exact) mass is 266 g/mol. The molecule has 0 spiro atoms. The van der Waals surface area contributed by atoms with Crippen LogP contribution in [0.1, 0.15) is 15.9 Å². The number of phenolic OH excluding ortho intramolecular Hbond substituents is 1. The summed E-state index contributed by atoms with van der Waals surface area (Å²) in [7, 11) is 0. The van der Waals surface area contributed by atoms with E-state index in [0.717, 1.165) is 0 Å². The summed E-state index contributed by atoms with van der Waals surface area (Å²) in [6.45, 7) is 0. The lowest BCUT2D eigenvalue weighted by Crippen LogP contribution is -2.24. The minimum atomic E-state index is -0.665. The van der Waals surface area contributed by atoms with Crippen LogP contribution in [-0.2, 0) is 4.79 Å². The van der Waals surface area contributed by atoms with Crippen LogP contribution in [0.4, 0.5) is 0 Å². The van der Waals surface area contributed by atoms with Crippen LogP contribution in [0.25, 0.3) is 6.08 Å². The summed E-state index contributed by atoms with van der Waals surface area (Å²) in [4.78, 5) is 24.2. The van der Waals surface area contributed by atoms with Crippen LogP contribution in [0.2, 0.25) is 0 Å². The molecule has 1 aliphatic heterocycles. The van der Waals surface area contributed by atoms with Crippen LogP contribution >= 0.6 is 0 Å². The van der Waals surface area contributed by atoms with Gasteiger partial charge in [-0.2, -0.15) is 0 Å². The highest BCUT2D eigenvalue weighted by Crippen LogP contribution is 2.28. The Morgan fingerprint density at radius 3 is 2.40 bits per heavy atom. The zero-order valence-electron chi connectivity index (χ0n) is 10.4.